The van der Waals surface area contributed by atoms with E-state index in [2.05, 4.69) is 43.0 Å². The molecule has 0 saturated carbocycles. The van der Waals surface area contributed by atoms with Gasteiger partial charge >= 0.3 is 0 Å². The topological polar surface area (TPSA) is 34.2 Å². The maximum Gasteiger partial charge on any atom is 0.126 e. The van der Waals surface area contributed by atoms with Crippen LogP contribution in [-0.2, 0) is 13.1 Å². The summed E-state index contributed by atoms with van der Waals surface area (Å²) >= 11 is 0. The lowest BCUT2D eigenvalue weighted by molar-refractivity contribution is 0.261. The van der Waals surface area contributed by atoms with Crippen LogP contribution in [0.15, 0.2) is 41.3 Å². The molecular weight excluding hydrogens is 262 g/mol. The fourth-order valence-corrected chi connectivity index (χ4v) is 2.34. The summed E-state index contributed by atoms with van der Waals surface area (Å²) in [5.41, 5.74) is 1.27. The van der Waals surface area contributed by atoms with Crippen LogP contribution in [0.5, 0.6) is 0 Å². The maximum atomic E-state index is 5.31. The molecule has 0 radical (unpaired) electrons. The van der Waals surface area contributed by atoms with E-state index >= 15 is 0 Å². The Labute approximate surface area is 127 Å². The highest BCUT2D eigenvalue weighted by Gasteiger charge is 2.08. The highest BCUT2D eigenvalue weighted by atomic mass is 16.3. The highest BCUT2D eigenvalue weighted by molar-refractivity contribution is 5.42. The molecule has 2 aromatic heterocycles. The molecule has 0 atom stereocenters. The lowest BCUT2D eigenvalue weighted by Gasteiger charge is -2.22. The van der Waals surface area contributed by atoms with Crippen molar-refractivity contribution in [1.29, 1.82) is 0 Å². The maximum absolute atomic E-state index is 5.31. The van der Waals surface area contributed by atoms with Crippen molar-refractivity contribution in [2.45, 2.75) is 33.9 Å². The van der Waals surface area contributed by atoms with Crippen LogP contribution in [0.2, 0.25) is 0 Å². The molecule has 0 aromatic carbocycles. The number of rotatable bonds is 8. The fourth-order valence-electron chi connectivity index (χ4n) is 2.34. The third-order valence-electron chi connectivity index (χ3n) is 3.23. The van der Waals surface area contributed by atoms with Gasteiger partial charge in [-0.3, -0.25) is 9.58 Å². The standard InChI is InChI=1S/C17H25N3O/c1-4-20-14-16(11-18-20)13-19(12-15(2)3)9-5-7-17-8-6-10-21-17/h5-8,10-11,14-15H,4,9,12-13H2,1-3H3/b7-5+. The Hall–Kier alpha value is -1.81. The van der Waals surface area contributed by atoms with Crippen molar-refractivity contribution in [3.05, 3.63) is 48.2 Å². The molecule has 0 fully saturated rings. The Morgan fingerprint density at radius 2 is 2.29 bits per heavy atom. The Balaban J connectivity index is 1.93. The molecule has 4 heteroatoms. The van der Waals surface area contributed by atoms with E-state index in [0.29, 0.717) is 5.92 Å². The van der Waals surface area contributed by atoms with Gasteiger partial charge in [0.2, 0.25) is 0 Å². The summed E-state index contributed by atoms with van der Waals surface area (Å²) < 4.78 is 7.29. The van der Waals surface area contributed by atoms with E-state index in [-0.39, 0.29) is 0 Å². The van der Waals surface area contributed by atoms with Crippen molar-refractivity contribution in [2.75, 3.05) is 13.1 Å². The molecule has 2 aromatic rings. The number of furan rings is 1. The van der Waals surface area contributed by atoms with Gasteiger partial charge in [-0.25, -0.2) is 0 Å². The van der Waals surface area contributed by atoms with Crippen LogP contribution in [0, 0.1) is 5.92 Å². The molecule has 2 rings (SSSR count). The molecule has 0 aliphatic heterocycles. The van der Waals surface area contributed by atoms with Crippen molar-refractivity contribution in [3.8, 4) is 0 Å². The molecule has 0 N–H and O–H groups in total. The minimum absolute atomic E-state index is 0.642. The van der Waals surface area contributed by atoms with Crippen molar-refractivity contribution in [2.24, 2.45) is 5.92 Å². The monoisotopic (exact) mass is 287 g/mol. The van der Waals surface area contributed by atoms with Gasteiger partial charge in [0, 0.05) is 37.9 Å². The molecule has 4 nitrogen and oxygen atoms in total. The minimum Gasteiger partial charge on any atom is -0.465 e. The molecule has 0 unspecified atom stereocenters. The normalized spacial score (nSPS) is 12.0. The number of nitrogens with zero attached hydrogens (tertiary/aromatic N) is 3. The zero-order valence-corrected chi connectivity index (χ0v) is 13.2. The van der Waals surface area contributed by atoms with E-state index in [0.717, 1.165) is 31.9 Å². The zero-order valence-electron chi connectivity index (χ0n) is 13.2. The van der Waals surface area contributed by atoms with Crippen molar-refractivity contribution >= 4 is 6.08 Å². The molecule has 114 valence electrons. The summed E-state index contributed by atoms with van der Waals surface area (Å²) in [6, 6.07) is 3.87. The lowest BCUT2D eigenvalue weighted by atomic mass is 10.2. The third-order valence-corrected chi connectivity index (χ3v) is 3.23. The lowest BCUT2D eigenvalue weighted by Crippen LogP contribution is -2.27. The van der Waals surface area contributed by atoms with Crippen LogP contribution in [0.4, 0.5) is 0 Å². The van der Waals surface area contributed by atoms with Crippen LogP contribution in [0.25, 0.3) is 6.08 Å². The van der Waals surface area contributed by atoms with E-state index < -0.39 is 0 Å². The van der Waals surface area contributed by atoms with Gasteiger partial charge in [0.25, 0.3) is 0 Å². The van der Waals surface area contributed by atoms with E-state index in [9.17, 15) is 0 Å². The molecule has 0 saturated heterocycles. The quantitative estimate of drug-likeness (QED) is 0.743. The highest BCUT2D eigenvalue weighted by Crippen LogP contribution is 2.08. The van der Waals surface area contributed by atoms with Crippen molar-refractivity contribution in [3.63, 3.8) is 0 Å². The second-order valence-electron chi connectivity index (χ2n) is 5.71. The molecular formula is C17H25N3O. The minimum atomic E-state index is 0.642. The predicted molar refractivity (Wildman–Crippen MR) is 85.8 cm³/mol. The van der Waals surface area contributed by atoms with Crippen LogP contribution in [-0.4, -0.2) is 27.8 Å². The van der Waals surface area contributed by atoms with Gasteiger partial charge in [0.1, 0.15) is 5.76 Å². The number of aromatic nitrogens is 2. The van der Waals surface area contributed by atoms with Gasteiger partial charge in [-0.2, -0.15) is 5.10 Å². The Bertz CT molecular complexity index is 540. The molecule has 21 heavy (non-hydrogen) atoms. The first-order chi connectivity index (χ1) is 10.2. The molecule has 0 aliphatic carbocycles. The van der Waals surface area contributed by atoms with Crippen molar-refractivity contribution in [1.82, 2.24) is 14.7 Å². The Kier molecular flexibility index (Phi) is 5.81. The summed E-state index contributed by atoms with van der Waals surface area (Å²) in [7, 11) is 0. The summed E-state index contributed by atoms with van der Waals surface area (Å²) in [5, 5.41) is 4.34. The first-order valence-electron chi connectivity index (χ1n) is 7.61. The van der Waals surface area contributed by atoms with Gasteiger partial charge in [0.05, 0.1) is 12.5 Å². The van der Waals surface area contributed by atoms with E-state index in [4.69, 9.17) is 4.42 Å². The third kappa shape index (κ3) is 5.23. The SMILES string of the molecule is CCn1cc(CN(C/C=C/c2ccco2)CC(C)C)cn1. The van der Waals surface area contributed by atoms with Crippen LogP contribution in [0.1, 0.15) is 32.1 Å². The van der Waals surface area contributed by atoms with Gasteiger partial charge < -0.3 is 4.42 Å². The van der Waals surface area contributed by atoms with E-state index in [1.165, 1.54) is 5.56 Å². The number of hydrogen-bond acceptors (Lipinski definition) is 3. The predicted octanol–water partition coefficient (Wildman–Crippen LogP) is 3.67. The van der Waals surface area contributed by atoms with E-state index in [1.54, 1.807) is 6.26 Å². The van der Waals surface area contributed by atoms with Crippen LogP contribution >= 0.6 is 0 Å². The zero-order chi connectivity index (χ0) is 15.1. The molecule has 0 spiro atoms. The first-order valence-corrected chi connectivity index (χ1v) is 7.61. The molecule has 0 amide bonds. The average Bonchev–Trinajstić information content (AvgIpc) is 3.09. The summed E-state index contributed by atoms with van der Waals surface area (Å²) in [6.07, 6.45) is 9.98. The molecule has 0 aliphatic rings. The smallest absolute Gasteiger partial charge is 0.126 e. The second kappa shape index (κ2) is 7.84. The van der Waals surface area contributed by atoms with Gasteiger partial charge in [-0.1, -0.05) is 19.9 Å². The second-order valence-corrected chi connectivity index (χ2v) is 5.71. The van der Waals surface area contributed by atoms with E-state index in [1.807, 2.05) is 29.1 Å². The first kappa shape index (κ1) is 15.6. The number of aryl methyl sites for hydroxylation is 1. The summed E-state index contributed by atoms with van der Waals surface area (Å²) in [5.74, 6) is 1.54. The van der Waals surface area contributed by atoms with Crippen LogP contribution in [0.3, 0.4) is 0 Å². The fraction of sp³-hybridized carbons (Fsp3) is 0.471. The number of hydrogen-bond donors (Lipinski definition) is 0. The average molecular weight is 287 g/mol. The van der Waals surface area contributed by atoms with Gasteiger partial charge in [0.15, 0.2) is 0 Å². The summed E-state index contributed by atoms with van der Waals surface area (Å²) in [6.45, 7) is 10.4. The Morgan fingerprint density at radius 3 is 2.90 bits per heavy atom. The summed E-state index contributed by atoms with van der Waals surface area (Å²) in [4.78, 5) is 2.43. The van der Waals surface area contributed by atoms with Crippen molar-refractivity contribution < 1.29 is 4.42 Å². The molecule has 0 bridgehead atoms. The Morgan fingerprint density at radius 1 is 1.43 bits per heavy atom. The van der Waals surface area contributed by atoms with Crippen LogP contribution < -0.4 is 0 Å². The van der Waals surface area contributed by atoms with Gasteiger partial charge in [-0.05, 0) is 31.1 Å². The largest absolute Gasteiger partial charge is 0.465 e. The molecule has 2 heterocycles. The van der Waals surface area contributed by atoms with Gasteiger partial charge in [-0.15, -0.1) is 0 Å².